The standard InChI is InChI=1S/C16H24INO/c1-16(2,3)11-18-9-8-12(10-15(18)17)13-6-4-5-7-14(13)19/h4-7,12,15,19H,8-11H2,1-3H3. The molecule has 1 aliphatic heterocycles. The summed E-state index contributed by atoms with van der Waals surface area (Å²) in [6, 6.07) is 7.80. The number of hydrogen-bond donors (Lipinski definition) is 1. The number of para-hydroxylation sites is 1. The molecule has 0 saturated carbocycles. The van der Waals surface area contributed by atoms with E-state index in [0.29, 0.717) is 21.1 Å². The van der Waals surface area contributed by atoms with E-state index in [4.69, 9.17) is 0 Å². The van der Waals surface area contributed by atoms with E-state index in [1.807, 2.05) is 12.1 Å². The fourth-order valence-electron chi connectivity index (χ4n) is 2.87. The van der Waals surface area contributed by atoms with Gasteiger partial charge in [-0.3, -0.25) is 4.90 Å². The first-order valence-electron chi connectivity index (χ1n) is 7.03. The molecule has 0 aromatic heterocycles. The predicted octanol–water partition coefficient (Wildman–Crippen LogP) is 4.38. The van der Waals surface area contributed by atoms with Crippen molar-refractivity contribution in [2.45, 2.75) is 43.6 Å². The molecule has 2 unspecified atom stereocenters. The molecule has 2 rings (SSSR count). The van der Waals surface area contributed by atoms with Gasteiger partial charge in [0.05, 0.1) is 4.05 Å². The van der Waals surface area contributed by atoms with Gasteiger partial charge >= 0.3 is 0 Å². The molecule has 3 heteroatoms. The van der Waals surface area contributed by atoms with Gasteiger partial charge < -0.3 is 5.11 Å². The molecule has 1 aromatic rings. The number of phenolic OH excluding ortho intramolecular Hbond substituents is 1. The summed E-state index contributed by atoms with van der Waals surface area (Å²) in [6.45, 7) is 9.17. The first-order chi connectivity index (χ1) is 8.87. The summed E-state index contributed by atoms with van der Waals surface area (Å²) in [5, 5.41) is 9.99. The van der Waals surface area contributed by atoms with Crippen molar-refractivity contribution in [2.24, 2.45) is 5.41 Å². The SMILES string of the molecule is CC(C)(C)CN1CCC(c2ccccc2O)CC1I. The number of aromatic hydroxyl groups is 1. The van der Waals surface area contributed by atoms with Gasteiger partial charge in [0.1, 0.15) is 5.75 Å². The second-order valence-corrected chi connectivity index (χ2v) is 8.18. The van der Waals surface area contributed by atoms with E-state index in [0.717, 1.165) is 31.5 Å². The fourth-order valence-corrected chi connectivity index (χ4v) is 3.96. The molecule has 1 fully saturated rings. The van der Waals surface area contributed by atoms with Gasteiger partial charge in [-0.1, -0.05) is 61.6 Å². The van der Waals surface area contributed by atoms with Crippen molar-refractivity contribution >= 4 is 22.6 Å². The van der Waals surface area contributed by atoms with Crippen LogP contribution in [0.15, 0.2) is 24.3 Å². The Morgan fingerprint density at radius 3 is 2.58 bits per heavy atom. The molecule has 1 saturated heterocycles. The second kappa shape index (κ2) is 6.00. The van der Waals surface area contributed by atoms with Gasteiger partial charge in [-0.25, -0.2) is 0 Å². The zero-order chi connectivity index (χ0) is 14.0. The van der Waals surface area contributed by atoms with Gasteiger partial charge in [-0.2, -0.15) is 0 Å². The highest BCUT2D eigenvalue weighted by molar-refractivity contribution is 14.1. The number of benzene rings is 1. The van der Waals surface area contributed by atoms with Crippen LogP contribution in [0.25, 0.3) is 0 Å². The Morgan fingerprint density at radius 1 is 1.32 bits per heavy atom. The Hall–Kier alpha value is -0.290. The van der Waals surface area contributed by atoms with Crippen LogP contribution < -0.4 is 0 Å². The summed E-state index contributed by atoms with van der Waals surface area (Å²) in [6.07, 6.45) is 2.28. The van der Waals surface area contributed by atoms with E-state index in [-0.39, 0.29) is 0 Å². The molecule has 2 atom stereocenters. The largest absolute Gasteiger partial charge is 0.508 e. The minimum Gasteiger partial charge on any atom is -0.508 e. The number of halogens is 1. The number of phenols is 1. The Balaban J connectivity index is 2.02. The molecule has 0 aliphatic carbocycles. The minimum absolute atomic E-state index is 0.352. The van der Waals surface area contributed by atoms with Crippen molar-refractivity contribution < 1.29 is 5.11 Å². The van der Waals surface area contributed by atoms with Crippen LogP contribution in [0.1, 0.15) is 45.1 Å². The highest BCUT2D eigenvalue weighted by Crippen LogP contribution is 2.38. The molecule has 19 heavy (non-hydrogen) atoms. The van der Waals surface area contributed by atoms with E-state index < -0.39 is 0 Å². The average Bonchev–Trinajstić information content (AvgIpc) is 2.31. The molecular weight excluding hydrogens is 349 g/mol. The van der Waals surface area contributed by atoms with Crippen molar-refractivity contribution in [3.05, 3.63) is 29.8 Å². The third-order valence-electron chi connectivity index (χ3n) is 3.69. The molecular formula is C16H24INO. The van der Waals surface area contributed by atoms with E-state index in [1.165, 1.54) is 0 Å². The molecule has 1 N–H and O–H groups in total. The van der Waals surface area contributed by atoms with E-state index in [2.05, 4.69) is 54.3 Å². The fraction of sp³-hybridized carbons (Fsp3) is 0.625. The summed E-state index contributed by atoms with van der Waals surface area (Å²) in [4.78, 5) is 2.58. The van der Waals surface area contributed by atoms with E-state index in [9.17, 15) is 5.11 Å². The minimum atomic E-state index is 0.352. The molecule has 0 bridgehead atoms. The molecule has 0 amide bonds. The highest BCUT2D eigenvalue weighted by Gasteiger charge is 2.30. The zero-order valence-electron chi connectivity index (χ0n) is 12.1. The van der Waals surface area contributed by atoms with Crippen LogP contribution in [0.3, 0.4) is 0 Å². The number of alkyl halides is 1. The monoisotopic (exact) mass is 373 g/mol. The van der Waals surface area contributed by atoms with Gasteiger partial charge in [0, 0.05) is 6.54 Å². The summed E-state index contributed by atoms with van der Waals surface area (Å²) >= 11 is 2.56. The predicted molar refractivity (Wildman–Crippen MR) is 88.9 cm³/mol. The number of rotatable bonds is 2. The normalized spacial score (nSPS) is 25.5. The van der Waals surface area contributed by atoms with E-state index >= 15 is 0 Å². The van der Waals surface area contributed by atoms with Gasteiger partial charge in [0.2, 0.25) is 0 Å². The smallest absolute Gasteiger partial charge is 0.119 e. The first-order valence-corrected chi connectivity index (χ1v) is 8.27. The lowest BCUT2D eigenvalue weighted by Gasteiger charge is -2.40. The van der Waals surface area contributed by atoms with Crippen molar-refractivity contribution in [1.29, 1.82) is 0 Å². The maximum absolute atomic E-state index is 9.99. The number of nitrogens with zero attached hydrogens (tertiary/aromatic N) is 1. The summed E-state index contributed by atoms with van der Waals surface area (Å²) in [5.41, 5.74) is 1.48. The van der Waals surface area contributed by atoms with E-state index in [1.54, 1.807) is 6.07 Å². The van der Waals surface area contributed by atoms with Gasteiger partial charge in [-0.15, -0.1) is 0 Å². The van der Waals surface area contributed by atoms with Gasteiger partial charge in [0.25, 0.3) is 0 Å². The first kappa shape index (κ1) is 15.1. The maximum Gasteiger partial charge on any atom is 0.119 e. The van der Waals surface area contributed by atoms with Gasteiger partial charge in [-0.05, 0) is 42.3 Å². The topological polar surface area (TPSA) is 23.5 Å². The third kappa shape index (κ3) is 4.09. The Bertz CT molecular complexity index is 427. The highest BCUT2D eigenvalue weighted by atomic mass is 127. The van der Waals surface area contributed by atoms with Crippen molar-refractivity contribution in [2.75, 3.05) is 13.1 Å². The molecule has 1 aliphatic rings. The summed E-state index contributed by atoms with van der Waals surface area (Å²) in [7, 11) is 0. The Kier molecular flexibility index (Phi) is 4.77. The number of hydrogen-bond acceptors (Lipinski definition) is 2. The van der Waals surface area contributed by atoms with Crippen LogP contribution in [0.4, 0.5) is 0 Å². The Labute approximate surface area is 130 Å². The van der Waals surface area contributed by atoms with Crippen LogP contribution >= 0.6 is 22.6 Å². The molecule has 1 heterocycles. The summed E-state index contributed by atoms with van der Waals surface area (Å²) in [5.74, 6) is 0.958. The molecule has 1 aromatic carbocycles. The number of piperidine rings is 1. The van der Waals surface area contributed by atoms with Crippen molar-refractivity contribution in [1.82, 2.24) is 4.90 Å². The van der Waals surface area contributed by atoms with Crippen LogP contribution in [-0.2, 0) is 0 Å². The third-order valence-corrected chi connectivity index (χ3v) is 4.99. The number of likely N-dealkylation sites (tertiary alicyclic amines) is 1. The lowest BCUT2D eigenvalue weighted by molar-refractivity contribution is 0.144. The Morgan fingerprint density at radius 2 is 2.00 bits per heavy atom. The van der Waals surface area contributed by atoms with Crippen LogP contribution in [-0.4, -0.2) is 27.1 Å². The van der Waals surface area contributed by atoms with Crippen LogP contribution in [0.2, 0.25) is 0 Å². The van der Waals surface area contributed by atoms with Crippen molar-refractivity contribution in [3.8, 4) is 5.75 Å². The quantitative estimate of drug-likeness (QED) is 0.473. The molecule has 106 valence electrons. The molecule has 2 nitrogen and oxygen atoms in total. The van der Waals surface area contributed by atoms with Crippen molar-refractivity contribution in [3.63, 3.8) is 0 Å². The van der Waals surface area contributed by atoms with Crippen LogP contribution in [0.5, 0.6) is 5.75 Å². The average molecular weight is 373 g/mol. The summed E-state index contributed by atoms with van der Waals surface area (Å²) < 4.78 is 0.565. The lowest BCUT2D eigenvalue weighted by Crippen LogP contribution is -2.42. The van der Waals surface area contributed by atoms with Crippen LogP contribution in [0, 0.1) is 5.41 Å². The zero-order valence-corrected chi connectivity index (χ0v) is 14.2. The molecule has 0 spiro atoms. The maximum atomic E-state index is 9.99. The lowest BCUT2D eigenvalue weighted by atomic mass is 9.87. The molecule has 0 radical (unpaired) electrons. The second-order valence-electron chi connectivity index (χ2n) is 6.75. The van der Waals surface area contributed by atoms with Gasteiger partial charge in [0.15, 0.2) is 0 Å².